The van der Waals surface area contributed by atoms with Crippen LogP contribution in [-0.2, 0) is 5.75 Å². The number of benzene rings is 1. The molecule has 0 fully saturated rings. The van der Waals surface area contributed by atoms with Crippen molar-refractivity contribution in [3.05, 3.63) is 59.8 Å². The molecule has 4 rings (SSSR count). The summed E-state index contributed by atoms with van der Waals surface area (Å²) in [5, 5.41) is 6.51. The standard InChI is InChI=1S/C22H22F2N4OS/c1-30-13-14-8-20-25-6-2-3-7-29-19-10-15(23)4-5-16(19)17-11-21(26-12-18(17)24)28-22(9-14)27-20/h4-5,8-12H,2-3,6-7,13H2,1H3,(H2,25,26,27,28). The fourth-order valence-electron chi connectivity index (χ4n) is 3.30. The van der Waals surface area contributed by atoms with Crippen LogP contribution in [0.5, 0.6) is 5.75 Å². The van der Waals surface area contributed by atoms with Crippen molar-refractivity contribution in [2.45, 2.75) is 18.6 Å². The van der Waals surface area contributed by atoms with E-state index in [1.54, 1.807) is 17.8 Å². The summed E-state index contributed by atoms with van der Waals surface area (Å²) in [6.07, 6.45) is 4.81. The van der Waals surface area contributed by atoms with E-state index in [1.807, 2.05) is 18.4 Å². The van der Waals surface area contributed by atoms with Crippen LogP contribution in [0.4, 0.5) is 26.2 Å². The van der Waals surface area contributed by atoms with E-state index in [-0.39, 0.29) is 5.56 Å². The monoisotopic (exact) mass is 428 g/mol. The molecule has 1 aliphatic heterocycles. The molecular formula is C22H22F2N4OS. The van der Waals surface area contributed by atoms with Crippen LogP contribution in [0.3, 0.4) is 0 Å². The van der Waals surface area contributed by atoms with Crippen molar-refractivity contribution in [3.63, 3.8) is 0 Å². The van der Waals surface area contributed by atoms with Crippen molar-refractivity contribution >= 4 is 29.2 Å². The van der Waals surface area contributed by atoms with E-state index in [0.29, 0.717) is 29.6 Å². The minimum absolute atomic E-state index is 0.288. The molecule has 0 spiro atoms. The summed E-state index contributed by atoms with van der Waals surface area (Å²) >= 11 is 1.72. The second-order valence-electron chi connectivity index (χ2n) is 6.98. The first-order chi connectivity index (χ1) is 14.6. The van der Waals surface area contributed by atoms with Gasteiger partial charge in [-0.2, -0.15) is 11.8 Å². The van der Waals surface area contributed by atoms with Crippen molar-refractivity contribution in [3.8, 4) is 16.9 Å². The van der Waals surface area contributed by atoms with Gasteiger partial charge < -0.3 is 15.4 Å². The predicted molar refractivity (Wildman–Crippen MR) is 118 cm³/mol. The number of thioether (sulfide) groups is 1. The van der Waals surface area contributed by atoms with Gasteiger partial charge in [0.25, 0.3) is 0 Å². The molecule has 5 nitrogen and oxygen atoms in total. The van der Waals surface area contributed by atoms with Crippen LogP contribution in [0.25, 0.3) is 11.1 Å². The Labute approximate surface area is 178 Å². The molecule has 0 aliphatic carbocycles. The lowest BCUT2D eigenvalue weighted by Crippen LogP contribution is -2.07. The topological polar surface area (TPSA) is 59.1 Å². The van der Waals surface area contributed by atoms with Crippen molar-refractivity contribution in [1.29, 1.82) is 0 Å². The second-order valence-corrected chi connectivity index (χ2v) is 7.84. The van der Waals surface area contributed by atoms with Crippen LogP contribution in [0.15, 0.2) is 42.6 Å². The molecule has 0 unspecified atom stereocenters. The third-order valence-electron chi connectivity index (χ3n) is 4.68. The SMILES string of the molecule is CSCc1cc2nc(c1)Nc1cc(c(F)cn1)-c1ccc(F)cc1OCCCCN2. The number of rotatable bonds is 2. The summed E-state index contributed by atoms with van der Waals surface area (Å²) in [5.74, 6) is 2.06. The van der Waals surface area contributed by atoms with Crippen molar-refractivity contribution in [1.82, 2.24) is 9.97 Å². The average Bonchev–Trinajstić information content (AvgIpc) is 2.72. The highest BCUT2D eigenvalue weighted by atomic mass is 32.2. The summed E-state index contributed by atoms with van der Waals surface area (Å²) in [6, 6.07) is 9.69. The smallest absolute Gasteiger partial charge is 0.149 e. The Balaban J connectivity index is 1.78. The summed E-state index contributed by atoms with van der Waals surface area (Å²) < 4.78 is 34.2. The molecule has 4 bridgehead atoms. The summed E-state index contributed by atoms with van der Waals surface area (Å²) in [6.45, 7) is 1.14. The number of aromatic nitrogens is 2. The largest absolute Gasteiger partial charge is 0.493 e. The van der Waals surface area contributed by atoms with Gasteiger partial charge in [-0.05, 0) is 55.0 Å². The van der Waals surface area contributed by atoms with Crippen molar-refractivity contribution < 1.29 is 13.5 Å². The molecule has 2 N–H and O–H groups in total. The number of hydrogen-bond donors (Lipinski definition) is 2. The quantitative estimate of drug-likeness (QED) is 0.553. The Kier molecular flexibility index (Phi) is 6.32. The van der Waals surface area contributed by atoms with Crippen LogP contribution in [0.1, 0.15) is 18.4 Å². The van der Waals surface area contributed by atoms with E-state index >= 15 is 0 Å². The van der Waals surface area contributed by atoms with E-state index in [0.717, 1.165) is 42.7 Å². The number of fused-ring (bicyclic) bond motifs is 6. The molecule has 0 radical (unpaired) electrons. The maximum absolute atomic E-state index is 14.6. The summed E-state index contributed by atoms with van der Waals surface area (Å²) in [4.78, 5) is 8.76. The minimum Gasteiger partial charge on any atom is -0.493 e. The molecule has 0 amide bonds. The Morgan fingerprint density at radius 3 is 2.77 bits per heavy atom. The molecule has 3 heterocycles. The van der Waals surface area contributed by atoms with Gasteiger partial charge >= 0.3 is 0 Å². The number of halogens is 2. The van der Waals surface area contributed by atoms with E-state index in [9.17, 15) is 8.78 Å². The van der Waals surface area contributed by atoms with Gasteiger partial charge in [0.05, 0.1) is 12.8 Å². The maximum Gasteiger partial charge on any atom is 0.149 e. The first-order valence-corrected chi connectivity index (χ1v) is 11.1. The molecule has 2 aromatic heterocycles. The molecule has 156 valence electrons. The Morgan fingerprint density at radius 2 is 1.90 bits per heavy atom. The lowest BCUT2D eigenvalue weighted by atomic mass is 10.0. The molecule has 30 heavy (non-hydrogen) atoms. The highest BCUT2D eigenvalue weighted by Crippen LogP contribution is 2.34. The first kappa shape index (κ1) is 20.4. The number of nitrogens with zero attached hydrogens (tertiary/aromatic N) is 2. The second kappa shape index (κ2) is 9.30. The van der Waals surface area contributed by atoms with Crippen LogP contribution < -0.4 is 15.4 Å². The molecule has 1 aromatic carbocycles. The van der Waals surface area contributed by atoms with Crippen molar-refractivity contribution in [2.75, 3.05) is 30.0 Å². The number of pyridine rings is 2. The third kappa shape index (κ3) is 4.81. The van der Waals surface area contributed by atoms with Gasteiger partial charge in [-0.3, -0.25) is 0 Å². The number of nitrogens with one attached hydrogen (secondary N) is 2. The molecule has 1 aliphatic rings. The van der Waals surface area contributed by atoms with E-state index in [2.05, 4.69) is 20.6 Å². The van der Waals surface area contributed by atoms with E-state index < -0.39 is 11.6 Å². The molecule has 0 atom stereocenters. The summed E-state index contributed by atoms with van der Waals surface area (Å²) in [5.41, 5.74) is 1.89. The lowest BCUT2D eigenvalue weighted by molar-refractivity contribution is 0.308. The first-order valence-electron chi connectivity index (χ1n) is 9.71. The number of hydrogen-bond acceptors (Lipinski definition) is 6. The van der Waals surface area contributed by atoms with Gasteiger partial charge in [0.15, 0.2) is 0 Å². The Morgan fingerprint density at radius 1 is 1.03 bits per heavy atom. The van der Waals surface area contributed by atoms with Crippen molar-refractivity contribution in [2.24, 2.45) is 0 Å². The molecule has 3 aromatic rings. The predicted octanol–water partition coefficient (Wildman–Crippen LogP) is 5.61. The van der Waals surface area contributed by atoms with Gasteiger partial charge in [0, 0.05) is 29.5 Å². The summed E-state index contributed by atoms with van der Waals surface area (Å²) in [7, 11) is 0. The fraction of sp³-hybridized carbons (Fsp3) is 0.273. The molecule has 8 heteroatoms. The lowest BCUT2D eigenvalue weighted by Gasteiger charge is -2.13. The average molecular weight is 429 g/mol. The van der Waals surface area contributed by atoms with Crippen LogP contribution in [0.2, 0.25) is 0 Å². The Bertz CT molecular complexity index is 1050. The highest BCUT2D eigenvalue weighted by molar-refractivity contribution is 7.97. The van der Waals surface area contributed by atoms with Gasteiger partial charge in [0.1, 0.15) is 34.8 Å². The van der Waals surface area contributed by atoms with Crippen LogP contribution >= 0.6 is 11.8 Å². The van der Waals surface area contributed by atoms with E-state index in [1.165, 1.54) is 18.2 Å². The number of anilines is 3. The molecule has 0 saturated carbocycles. The normalized spacial score (nSPS) is 13.7. The highest BCUT2D eigenvalue weighted by Gasteiger charge is 2.15. The van der Waals surface area contributed by atoms with Gasteiger partial charge in [-0.25, -0.2) is 18.7 Å². The Hall–Kier alpha value is -2.87. The zero-order chi connectivity index (χ0) is 20.9. The van der Waals surface area contributed by atoms with Gasteiger partial charge in [0.2, 0.25) is 0 Å². The number of ether oxygens (including phenoxy) is 1. The van der Waals surface area contributed by atoms with E-state index in [4.69, 9.17) is 4.74 Å². The van der Waals surface area contributed by atoms with Gasteiger partial charge in [-0.15, -0.1) is 0 Å². The third-order valence-corrected chi connectivity index (χ3v) is 5.30. The minimum atomic E-state index is -0.507. The molecular weight excluding hydrogens is 406 g/mol. The van der Waals surface area contributed by atoms with Crippen LogP contribution in [0, 0.1) is 11.6 Å². The zero-order valence-electron chi connectivity index (χ0n) is 16.5. The molecule has 0 saturated heterocycles. The maximum atomic E-state index is 14.6. The zero-order valence-corrected chi connectivity index (χ0v) is 17.4. The van der Waals surface area contributed by atoms with Gasteiger partial charge in [-0.1, -0.05) is 0 Å². The fourth-order valence-corrected chi connectivity index (χ4v) is 3.80. The van der Waals surface area contributed by atoms with Crippen LogP contribution in [-0.4, -0.2) is 29.4 Å².